The largest absolute Gasteiger partial charge is 0.496 e. The summed E-state index contributed by atoms with van der Waals surface area (Å²) in [6.07, 6.45) is 0. The van der Waals surface area contributed by atoms with Crippen molar-refractivity contribution in [2.75, 3.05) is 24.3 Å². The van der Waals surface area contributed by atoms with Crippen LogP contribution in [-0.2, 0) is 16.6 Å². The molecule has 1 N–H and O–H groups in total. The van der Waals surface area contributed by atoms with E-state index in [0.29, 0.717) is 23.8 Å². The number of rotatable bonds is 4. The number of carbonyl (C=O) groups excluding carboxylic acids is 1. The van der Waals surface area contributed by atoms with Crippen LogP contribution in [0.3, 0.4) is 0 Å². The van der Waals surface area contributed by atoms with Gasteiger partial charge in [0, 0.05) is 29.1 Å². The number of amidine groups is 1. The minimum Gasteiger partial charge on any atom is -0.496 e. The van der Waals surface area contributed by atoms with Crippen LogP contribution in [0.5, 0.6) is 5.75 Å². The van der Waals surface area contributed by atoms with Crippen LogP contribution in [0.4, 0.5) is 5.69 Å². The van der Waals surface area contributed by atoms with Gasteiger partial charge in [0.1, 0.15) is 5.75 Å². The smallest absolute Gasteiger partial charge is 0.257 e. The molecule has 2 aromatic rings. The van der Waals surface area contributed by atoms with Crippen LogP contribution in [0.1, 0.15) is 15.9 Å². The zero-order valence-corrected chi connectivity index (χ0v) is 16.1. The number of hydrogen-bond donors (Lipinski definition) is 1. The van der Waals surface area contributed by atoms with Crippen LogP contribution in [0.2, 0.25) is 0 Å². The van der Waals surface area contributed by atoms with Gasteiger partial charge in [-0.05, 0) is 36.0 Å². The van der Waals surface area contributed by atoms with Gasteiger partial charge in [0.25, 0.3) is 15.9 Å². The molecule has 2 aromatic carbocycles. The highest BCUT2D eigenvalue weighted by Crippen LogP contribution is 2.42. The molecule has 4 rings (SSSR count). The van der Waals surface area contributed by atoms with Crippen LogP contribution in [-0.4, -0.2) is 38.9 Å². The van der Waals surface area contributed by atoms with Crippen molar-refractivity contribution in [2.24, 2.45) is 4.40 Å². The first-order chi connectivity index (χ1) is 13.0. The minimum atomic E-state index is -3.39. The number of amides is 1. The molecule has 0 bridgehead atoms. The van der Waals surface area contributed by atoms with E-state index in [1.807, 2.05) is 35.2 Å². The number of anilines is 1. The molecule has 0 atom stereocenters. The first-order valence-electron chi connectivity index (χ1n) is 8.29. The second kappa shape index (κ2) is 6.90. The van der Waals surface area contributed by atoms with Crippen molar-refractivity contribution >= 4 is 38.5 Å². The van der Waals surface area contributed by atoms with Crippen LogP contribution in [0.15, 0.2) is 51.8 Å². The van der Waals surface area contributed by atoms with Gasteiger partial charge >= 0.3 is 0 Å². The molecule has 2 aliphatic rings. The lowest BCUT2D eigenvalue weighted by molar-refractivity contribution is 0.0950. The molecule has 27 heavy (non-hydrogen) atoms. The molecule has 0 saturated heterocycles. The maximum absolute atomic E-state index is 12.5. The van der Waals surface area contributed by atoms with Crippen molar-refractivity contribution < 1.29 is 17.9 Å². The highest BCUT2D eigenvalue weighted by atomic mass is 32.2. The number of nitrogens with one attached hydrogen (secondary N) is 1. The van der Waals surface area contributed by atoms with Crippen molar-refractivity contribution in [1.82, 2.24) is 5.32 Å². The fraction of sp³-hybridized carbons (Fsp3) is 0.222. The summed E-state index contributed by atoms with van der Waals surface area (Å²) < 4.78 is 32.5. The van der Waals surface area contributed by atoms with Crippen molar-refractivity contribution in [3.8, 4) is 5.75 Å². The molecule has 1 amide bonds. The fourth-order valence-electron chi connectivity index (χ4n) is 3.00. The molecule has 0 unspecified atom stereocenters. The summed E-state index contributed by atoms with van der Waals surface area (Å²) in [5.74, 6) is 0.514. The summed E-state index contributed by atoms with van der Waals surface area (Å²) in [7, 11) is -1.80. The quantitative estimate of drug-likeness (QED) is 0.842. The van der Waals surface area contributed by atoms with E-state index in [2.05, 4.69) is 9.71 Å². The van der Waals surface area contributed by atoms with E-state index in [-0.39, 0.29) is 11.7 Å². The maximum atomic E-state index is 12.5. The first-order valence-corrected chi connectivity index (χ1v) is 10.7. The molecule has 7 nitrogen and oxygen atoms in total. The fourth-order valence-corrected chi connectivity index (χ4v) is 5.29. The van der Waals surface area contributed by atoms with E-state index in [4.69, 9.17) is 4.74 Å². The van der Waals surface area contributed by atoms with Crippen LogP contribution < -0.4 is 15.0 Å². The lowest BCUT2D eigenvalue weighted by atomic mass is 10.1. The van der Waals surface area contributed by atoms with Crippen LogP contribution in [0, 0.1) is 0 Å². The van der Waals surface area contributed by atoms with Gasteiger partial charge in [0.15, 0.2) is 5.17 Å². The molecule has 2 aliphatic heterocycles. The maximum Gasteiger partial charge on any atom is 0.257 e. The van der Waals surface area contributed by atoms with E-state index in [0.717, 1.165) is 21.9 Å². The average Bonchev–Trinajstić information content (AvgIpc) is 3.01. The standard InChI is InChI=1S/C18H17N3O4S2/c1-25-15-5-3-2-4-13(15)11-19-17(22)12-6-7-14-16(10-12)26-18-20-27(23,24)9-8-21(14)18/h2-7,10H,8-9,11H2,1H3,(H,19,22). The SMILES string of the molecule is COc1ccccc1CNC(=O)c1ccc2c(c1)SC1=NS(=O)(=O)CCN12. The molecule has 140 valence electrons. The monoisotopic (exact) mass is 403 g/mol. The predicted molar refractivity (Wildman–Crippen MR) is 105 cm³/mol. The van der Waals surface area contributed by atoms with Crippen LogP contribution >= 0.6 is 11.8 Å². The van der Waals surface area contributed by atoms with Crippen molar-refractivity contribution in [2.45, 2.75) is 11.4 Å². The highest BCUT2D eigenvalue weighted by molar-refractivity contribution is 8.15. The number of nitrogens with zero attached hydrogens (tertiary/aromatic N) is 2. The second-order valence-electron chi connectivity index (χ2n) is 6.09. The number of benzene rings is 2. The Morgan fingerprint density at radius 3 is 2.93 bits per heavy atom. The highest BCUT2D eigenvalue weighted by Gasteiger charge is 2.33. The molecule has 0 radical (unpaired) electrons. The molecule has 9 heteroatoms. The topological polar surface area (TPSA) is 88.1 Å². The van der Waals surface area contributed by atoms with E-state index < -0.39 is 10.0 Å². The molecule has 0 spiro atoms. The average molecular weight is 403 g/mol. The van der Waals surface area contributed by atoms with Gasteiger partial charge in [-0.25, -0.2) is 8.42 Å². The third-order valence-corrected chi connectivity index (χ3v) is 6.67. The molecule has 0 aromatic heterocycles. The summed E-state index contributed by atoms with van der Waals surface area (Å²) in [6.45, 7) is 0.727. The van der Waals surface area contributed by atoms with Crippen molar-refractivity contribution in [1.29, 1.82) is 0 Å². The van der Waals surface area contributed by atoms with Gasteiger partial charge in [-0.3, -0.25) is 4.79 Å². The van der Waals surface area contributed by atoms with Gasteiger partial charge < -0.3 is 15.0 Å². The van der Waals surface area contributed by atoms with Gasteiger partial charge in [0.2, 0.25) is 0 Å². The van der Waals surface area contributed by atoms with Gasteiger partial charge in [-0.2, -0.15) is 0 Å². The molecular weight excluding hydrogens is 386 g/mol. The third kappa shape index (κ3) is 3.52. The molecule has 0 aliphatic carbocycles. The number of para-hydroxylation sites is 1. The second-order valence-corrected chi connectivity index (χ2v) is 8.85. The van der Waals surface area contributed by atoms with Gasteiger partial charge in [-0.1, -0.05) is 18.2 Å². The summed E-state index contributed by atoms with van der Waals surface area (Å²) >= 11 is 1.27. The third-order valence-electron chi connectivity index (χ3n) is 4.37. The van der Waals surface area contributed by atoms with Crippen LogP contribution in [0.25, 0.3) is 0 Å². The summed E-state index contributed by atoms with van der Waals surface area (Å²) in [5.41, 5.74) is 2.29. The Bertz CT molecular complexity index is 1050. The molecule has 0 saturated carbocycles. The number of methoxy groups -OCH3 is 1. The number of carbonyl (C=O) groups is 1. The number of sulfonamides is 1. The number of ether oxygens (including phenoxy) is 1. The summed E-state index contributed by atoms with van der Waals surface area (Å²) in [4.78, 5) is 15.2. The lowest BCUT2D eigenvalue weighted by Crippen LogP contribution is -2.35. The Labute approximate surface area is 161 Å². The lowest BCUT2D eigenvalue weighted by Gasteiger charge is -2.22. The van der Waals surface area contributed by atoms with E-state index in [1.54, 1.807) is 19.2 Å². The van der Waals surface area contributed by atoms with Crippen molar-refractivity contribution in [3.05, 3.63) is 53.6 Å². The number of hydrogen-bond acceptors (Lipinski definition) is 6. The number of fused-ring (bicyclic) bond motifs is 3. The van der Waals surface area contributed by atoms with E-state index >= 15 is 0 Å². The number of thioether (sulfide) groups is 1. The Kier molecular flexibility index (Phi) is 4.56. The molecule has 2 heterocycles. The summed E-state index contributed by atoms with van der Waals surface area (Å²) in [6, 6.07) is 12.8. The van der Waals surface area contributed by atoms with Gasteiger partial charge in [0.05, 0.1) is 18.6 Å². The van der Waals surface area contributed by atoms with E-state index in [9.17, 15) is 13.2 Å². The first kappa shape index (κ1) is 17.9. The molecular formula is C18H17N3O4S2. The zero-order valence-electron chi connectivity index (χ0n) is 14.5. The zero-order chi connectivity index (χ0) is 19.0. The Morgan fingerprint density at radius 1 is 1.30 bits per heavy atom. The summed E-state index contributed by atoms with van der Waals surface area (Å²) in [5, 5.41) is 3.34. The van der Waals surface area contributed by atoms with Crippen molar-refractivity contribution in [3.63, 3.8) is 0 Å². The minimum absolute atomic E-state index is 0.00234. The van der Waals surface area contributed by atoms with Gasteiger partial charge in [-0.15, -0.1) is 4.40 Å². The van der Waals surface area contributed by atoms with E-state index in [1.165, 1.54) is 11.8 Å². The normalized spacial score (nSPS) is 16.9. The predicted octanol–water partition coefficient (Wildman–Crippen LogP) is 2.24. The Balaban J connectivity index is 1.51. The molecule has 0 fully saturated rings. The Hall–Kier alpha value is -2.52. The Morgan fingerprint density at radius 2 is 2.11 bits per heavy atom.